The first-order valence-electron chi connectivity index (χ1n) is 6.85. The second-order valence-corrected chi connectivity index (χ2v) is 6.03. The Labute approximate surface area is 151 Å². The summed E-state index contributed by atoms with van der Waals surface area (Å²) in [5, 5.41) is 2.44. The quantitative estimate of drug-likeness (QED) is 0.576. The predicted molar refractivity (Wildman–Crippen MR) is 95.2 cm³/mol. The first-order chi connectivity index (χ1) is 11.5. The molecule has 24 heavy (non-hydrogen) atoms. The zero-order valence-electron chi connectivity index (χ0n) is 12.3. The van der Waals surface area contributed by atoms with Gasteiger partial charge in [0, 0.05) is 4.47 Å². The van der Waals surface area contributed by atoms with Crippen molar-refractivity contribution in [2.75, 3.05) is 18.3 Å². The number of carbonyl (C=O) groups excluding carboxylic acids is 1. The molecule has 2 rings (SSSR count). The number of anilines is 1. The van der Waals surface area contributed by atoms with Crippen LogP contribution in [0.2, 0.25) is 0 Å². The Morgan fingerprint density at radius 1 is 1.21 bits per heavy atom. The molecule has 2 aromatic rings. The molecule has 0 atom stereocenters. The van der Waals surface area contributed by atoms with E-state index in [0.717, 1.165) is 10.5 Å². The Bertz CT molecular complexity index is 728. The van der Waals surface area contributed by atoms with Gasteiger partial charge in [0.1, 0.15) is 22.2 Å². The van der Waals surface area contributed by atoms with E-state index in [0.29, 0.717) is 5.75 Å². The van der Waals surface area contributed by atoms with E-state index in [1.54, 1.807) is 24.3 Å². The smallest absolute Gasteiger partial charge is 0.258 e. The minimum absolute atomic E-state index is 0.0283. The van der Waals surface area contributed by atoms with Crippen molar-refractivity contribution in [1.82, 2.24) is 5.32 Å². The molecule has 0 heterocycles. The summed E-state index contributed by atoms with van der Waals surface area (Å²) >= 11 is 8.14. The number of para-hydroxylation sites is 1. The highest BCUT2D eigenvalue weighted by Gasteiger charge is 2.16. The number of carbonyl (C=O) groups is 1. The summed E-state index contributed by atoms with van der Waals surface area (Å²) in [6.07, 6.45) is 0. The second-order valence-electron chi connectivity index (χ2n) is 4.65. The molecule has 0 spiro atoms. The van der Waals surface area contributed by atoms with Crippen LogP contribution in [0.25, 0.3) is 0 Å². The first-order valence-corrected chi connectivity index (χ1v) is 8.06. The highest BCUT2D eigenvalue weighted by Crippen LogP contribution is 2.19. The molecular formula is C16H13BrF2N2O2S. The monoisotopic (exact) mass is 414 g/mol. The van der Waals surface area contributed by atoms with Gasteiger partial charge in [-0.05, 0) is 36.4 Å². The van der Waals surface area contributed by atoms with Crippen molar-refractivity contribution >= 4 is 44.7 Å². The van der Waals surface area contributed by atoms with Gasteiger partial charge in [-0.2, -0.15) is 5.12 Å². The number of thiocarbonyl (C=S) groups is 1. The molecule has 1 amide bonds. The number of amides is 1. The fourth-order valence-electron chi connectivity index (χ4n) is 1.72. The van der Waals surface area contributed by atoms with Crippen LogP contribution in [0.1, 0.15) is 0 Å². The normalized spacial score (nSPS) is 10.1. The average Bonchev–Trinajstić information content (AvgIpc) is 2.59. The van der Waals surface area contributed by atoms with Crippen molar-refractivity contribution in [3.63, 3.8) is 0 Å². The molecule has 0 unspecified atom stereocenters. The maximum absolute atomic E-state index is 14.0. The molecule has 0 saturated carbocycles. The summed E-state index contributed by atoms with van der Waals surface area (Å²) < 4.78 is 33.6. The minimum atomic E-state index is -0.743. The van der Waals surface area contributed by atoms with Gasteiger partial charge in [0.25, 0.3) is 5.91 Å². The van der Waals surface area contributed by atoms with Crippen LogP contribution in [-0.2, 0) is 4.79 Å². The summed E-state index contributed by atoms with van der Waals surface area (Å²) in [7, 11) is 0. The lowest BCUT2D eigenvalue weighted by molar-refractivity contribution is -0.122. The van der Waals surface area contributed by atoms with Crippen LogP contribution in [0.5, 0.6) is 5.75 Å². The molecule has 4 nitrogen and oxygen atoms in total. The van der Waals surface area contributed by atoms with Gasteiger partial charge >= 0.3 is 0 Å². The van der Waals surface area contributed by atoms with Gasteiger partial charge in [-0.1, -0.05) is 44.8 Å². The Morgan fingerprint density at radius 3 is 2.54 bits per heavy atom. The Hall–Kier alpha value is -2.06. The number of nitrogens with one attached hydrogen (secondary N) is 1. The standard InChI is InChI=1S/C16H13BrF2N2O2S/c17-11-5-7-12(8-6-11)23-10-15(22)20-9-16(24)21(19)14-4-2-1-3-13(14)18/h1-8H,9-10H2,(H,20,22). The van der Waals surface area contributed by atoms with E-state index in [1.165, 1.54) is 18.2 Å². The fourth-order valence-corrected chi connectivity index (χ4v) is 2.15. The summed E-state index contributed by atoms with van der Waals surface area (Å²) in [6, 6.07) is 12.2. The second kappa shape index (κ2) is 8.70. The first kappa shape index (κ1) is 18.3. The van der Waals surface area contributed by atoms with Gasteiger partial charge in [0.05, 0.1) is 6.54 Å². The molecule has 0 aliphatic carbocycles. The van der Waals surface area contributed by atoms with Crippen molar-refractivity contribution in [3.8, 4) is 5.75 Å². The summed E-state index contributed by atoms with van der Waals surface area (Å²) in [5.41, 5.74) is -0.303. The lowest BCUT2D eigenvalue weighted by Crippen LogP contribution is -2.37. The Balaban J connectivity index is 1.79. The molecule has 0 radical (unpaired) electrons. The Morgan fingerprint density at radius 2 is 1.88 bits per heavy atom. The van der Waals surface area contributed by atoms with Crippen LogP contribution in [0.4, 0.5) is 14.6 Å². The molecule has 0 aromatic heterocycles. The zero-order valence-corrected chi connectivity index (χ0v) is 14.7. The van der Waals surface area contributed by atoms with Crippen LogP contribution in [0.15, 0.2) is 53.0 Å². The van der Waals surface area contributed by atoms with Gasteiger partial charge in [-0.25, -0.2) is 4.39 Å². The molecule has 2 aromatic carbocycles. The van der Waals surface area contributed by atoms with Crippen molar-refractivity contribution in [1.29, 1.82) is 0 Å². The largest absolute Gasteiger partial charge is 0.484 e. The molecule has 0 fully saturated rings. The van der Waals surface area contributed by atoms with Gasteiger partial charge in [0.15, 0.2) is 6.61 Å². The van der Waals surface area contributed by atoms with E-state index in [9.17, 15) is 13.7 Å². The van der Waals surface area contributed by atoms with E-state index in [-0.39, 0.29) is 28.9 Å². The van der Waals surface area contributed by atoms with Gasteiger partial charge in [0.2, 0.25) is 0 Å². The molecule has 0 bridgehead atoms. The van der Waals surface area contributed by atoms with Crippen LogP contribution >= 0.6 is 28.1 Å². The number of hydrogen-bond donors (Lipinski definition) is 1. The molecule has 8 heteroatoms. The van der Waals surface area contributed by atoms with Crippen LogP contribution in [0, 0.1) is 5.82 Å². The van der Waals surface area contributed by atoms with Gasteiger partial charge < -0.3 is 10.1 Å². The third-order valence-corrected chi connectivity index (χ3v) is 3.74. The Kier molecular flexibility index (Phi) is 6.62. The average molecular weight is 415 g/mol. The maximum Gasteiger partial charge on any atom is 0.258 e. The molecule has 0 aliphatic rings. The lowest BCUT2D eigenvalue weighted by Gasteiger charge is -2.16. The molecule has 1 N–H and O–H groups in total. The van der Waals surface area contributed by atoms with Crippen molar-refractivity contribution < 1.29 is 18.4 Å². The molecule has 126 valence electrons. The number of halogens is 3. The van der Waals surface area contributed by atoms with Crippen LogP contribution in [0.3, 0.4) is 0 Å². The van der Waals surface area contributed by atoms with E-state index in [2.05, 4.69) is 21.2 Å². The van der Waals surface area contributed by atoms with E-state index < -0.39 is 11.7 Å². The zero-order chi connectivity index (χ0) is 17.5. The maximum atomic E-state index is 14.0. The van der Waals surface area contributed by atoms with Gasteiger partial charge in [-0.3, -0.25) is 4.79 Å². The fraction of sp³-hybridized carbons (Fsp3) is 0.125. The number of benzene rings is 2. The number of rotatable bonds is 6. The third kappa shape index (κ3) is 5.24. The van der Waals surface area contributed by atoms with Crippen molar-refractivity contribution in [2.45, 2.75) is 0 Å². The van der Waals surface area contributed by atoms with E-state index in [1.807, 2.05) is 0 Å². The number of hydrogen-bond acceptors (Lipinski definition) is 3. The highest BCUT2D eigenvalue weighted by atomic mass is 79.9. The highest BCUT2D eigenvalue weighted by molar-refractivity contribution is 9.10. The summed E-state index contributed by atoms with van der Waals surface area (Å²) in [5.74, 6) is -0.691. The number of nitrogens with zero attached hydrogens (tertiary/aromatic N) is 1. The predicted octanol–water partition coefficient (Wildman–Crippen LogP) is 3.80. The molecule has 0 saturated heterocycles. The van der Waals surface area contributed by atoms with Crippen molar-refractivity contribution in [2.24, 2.45) is 0 Å². The molecular weight excluding hydrogens is 402 g/mol. The number of ether oxygens (including phenoxy) is 1. The SMILES string of the molecule is O=C(COc1ccc(Br)cc1)NCC(=S)N(F)c1ccccc1F. The third-order valence-electron chi connectivity index (χ3n) is 2.90. The van der Waals surface area contributed by atoms with E-state index in [4.69, 9.17) is 17.0 Å². The van der Waals surface area contributed by atoms with Gasteiger partial charge in [-0.15, -0.1) is 0 Å². The summed E-state index contributed by atoms with van der Waals surface area (Å²) in [4.78, 5) is 11.4. The van der Waals surface area contributed by atoms with E-state index >= 15 is 0 Å². The minimum Gasteiger partial charge on any atom is -0.484 e. The van der Waals surface area contributed by atoms with Crippen molar-refractivity contribution in [3.05, 3.63) is 58.8 Å². The van der Waals surface area contributed by atoms with Crippen LogP contribution < -0.4 is 15.2 Å². The topological polar surface area (TPSA) is 41.6 Å². The molecule has 0 aliphatic heterocycles. The lowest BCUT2D eigenvalue weighted by atomic mass is 10.3. The van der Waals surface area contributed by atoms with Crippen LogP contribution in [-0.4, -0.2) is 24.0 Å². The summed E-state index contributed by atoms with van der Waals surface area (Å²) in [6.45, 7) is -0.487.